The van der Waals surface area contributed by atoms with Gasteiger partial charge in [-0.2, -0.15) is 0 Å². The first-order valence-corrected chi connectivity index (χ1v) is 8.20. The monoisotopic (exact) mass is 338 g/mol. The molecule has 1 aliphatic heterocycles. The molecule has 0 radical (unpaired) electrons. The van der Waals surface area contributed by atoms with Crippen LogP contribution in [-0.4, -0.2) is 25.0 Å². The van der Waals surface area contributed by atoms with Gasteiger partial charge in [0.25, 0.3) is 0 Å². The van der Waals surface area contributed by atoms with Gasteiger partial charge in [0.05, 0.1) is 0 Å². The molecule has 3 nitrogen and oxygen atoms in total. The Morgan fingerprint density at radius 1 is 1.45 bits per heavy atom. The van der Waals surface area contributed by atoms with Gasteiger partial charge in [-0.3, -0.25) is 4.79 Å². The van der Waals surface area contributed by atoms with Crippen LogP contribution >= 0.6 is 15.9 Å². The normalized spacial score (nSPS) is 19.8. The molecule has 2 N–H and O–H groups in total. The summed E-state index contributed by atoms with van der Waals surface area (Å²) in [5, 5.41) is 6.48. The summed E-state index contributed by atoms with van der Waals surface area (Å²) >= 11 is 3.43. The molecule has 0 spiro atoms. The fourth-order valence-corrected chi connectivity index (χ4v) is 2.91. The van der Waals surface area contributed by atoms with Gasteiger partial charge in [-0.15, -0.1) is 0 Å². The van der Waals surface area contributed by atoms with E-state index in [-0.39, 0.29) is 11.8 Å². The van der Waals surface area contributed by atoms with Gasteiger partial charge in [-0.1, -0.05) is 35.0 Å². The molecule has 1 fully saturated rings. The quantitative estimate of drug-likeness (QED) is 0.836. The maximum atomic E-state index is 11.9. The van der Waals surface area contributed by atoms with Crippen molar-refractivity contribution in [2.45, 2.75) is 44.6 Å². The fraction of sp³-hybridized carbons (Fsp3) is 0.562. The fourth-order valence-electron chi connectivity index (χ4n) is 2.65. The van der Waals surface area contributed by atoms with E-state index in [1.807, 2.05) is 12.1 Å². The van der Waals surface area contributed by atoms with Crippen LogP contribution in [0, 0.1) is 0 Å². The maximum Gasteiger partial charge on any atom is 0.220 e. The highest BCUT2D eigenvalue weighted by Crippen LogP contribution is 2.21. The number of hydrogen-bond acceptors (Lipinski definition) is 2. The van der Waals surface area contributed by atoms with Crippen LogP contribution in [0.1, 0.15) is 44.1 Å². The number of benzene rings is 1. The Hall–Kier alpha value is -0.870. The van der Waals surface area contributed by atoms with Crippen LogP contribution in [0.5, 0.6) is 0 Å². The predicted octanol–water partition coefficient (Wildman–Crippen LogP) is 3.20. The summed E-state index contributed by atoms with van der Waals surface area (Å²) < 4.78 is 1.07. The smallest absolute Gasteiger partial charge is 0.220 e. The molecule has 2 atom stereocenters. The Morgan fingerprint density at radius 3 is 2.85 bits per heavy atom. The van der Waals surface area contributed by atoms with Gasteiger partial charge >= 0.3 is 0 Å². The molecule has 0 aromatic heterocycles. The minimum absolute atomic E-state index is 0.151. The number of carbonyl (C=O) groups is 1. The molecular formula is C16H23BrN2O. The van der Waals surface area contributed by atoms with Crippen molar-refractivity contribution < 1.29 is 4.79 Å². The highest BCUT2D eigenvalue weighted by molar-refractivity contribution is 9.10. The van der Waals surface area contributed by atoms with Crippen molar-refractivity contribution in [2.24, 2.45) is 0 Å². The lowest BCUT2D eigenvalue weighted by Crippen LogP contribution is -2.31. The van der Waals surface area contributed by atoms with Gasteiger partial charge in [-0.25, -0.2) is 0 Å². The molecule has 4 heteroatoms. The number of hydrogen-bond donors (Lipinski definition) is 2. The Balaban J connectivity index is 1.69. The zero-order valence-corrected chi connectivity index (χ0v) is 13.6. The van der Waals surface area contributed by atoms with E-state index in [0.29, 0.717) is 12.5 Å². The van der Waals surface area contributed by atoms with E-state index in [1.165, 1.54) is 18.4 Å². The molecule has 20 heavy (non-hydrogen) atoms. The summed E-state index contributed by atoms with van der Waals surface area (Å²) in [4.78, 5) is 11.9. The van der Waals surface area contributed by atoms with E-state index in [0.717, 1.165) is 24.0 Å². The summed E-state index contributed by atoms with van der Waals surface area (Å²) in [5.41, 5.74) is 1.21. The van der Waals surface area contributed by atoms with Crippen molar-refractivity contribution in [1.29, 1.82) is 0 Å². The van der Waals surface area contributed by atoms with Crippen LogP contribution in [-0.2, 0) is 4.79 Å². The van der Waals surface area contributed by atoms with E-state index < -0.39 is 0 Å². The first-order chi connectivity index (χ1) is 9.65. The third-order valence-electron chi connectivity index (χ3n) is 3.91. The molecule has 0 saturated carbocycles. The second-order valence-electron chi connectivity index (χ2n) is 5.59. The van der Waals surface area contributed by atoms with Gasteiger partial charge in [0.15, 0.2) is 0 Å². The summed E-state index contributed by atoms with van der Waals surface area (Å²) in [7, 11) is 0. The van der Waals surface area contributed by atoms with E-state index in [2.05, 4.69) is 45.6 Å². The predicted molar refractivity (Wildman–Crippen MR) is 85.8 cm³/mol. The van der Waals surface area contributed by atoms with Crippen molar-refractivity contribution in [2.75, 3.05) is 13.1 Å². The van der Waals surface area contributed by atoms with Gasteiger partial charge in [-0.05, 0) is 49.4 Å². The average Bonchev–Trinajstić information content (AvgIpc) is 2.92. The van der Waals surface area contributed by atoms with Gasteiger partial charge in [0.2, 0.25) is 5.91 Å². The lowest BCUT2D eigenvalue weighted by atomic mass is 9.97. The van der Waals surface area contributed by atoms with Gasteiger partial charge in [0, 0.05) is 23.5 Å². The zero-order chi connectivity index (χ0) is 14.4. The van der Waals surface area contributed by atoms with Gasteiger partial charge in [0.1, 0.15) is 0 Å². The first kappa shape index (κ1) is 15.5. The summed E-state index contributed by atoms with van der Waals surface area (Å²) in [6.45, 7) is 4.00. The summed E-state index contributed by atoms with van der Waals surface area (Å²) in [5.74, 6) is 0.408. The molecule has 1 aliphatic rings. The minimum Gasteiger partial charge on any atom is -0.356 e. The van der Waals surface area contributed by atoms with Crippen molar-refractivity contribution in [3.63, 3.8) is 0 Å². The molecule has 1 amide bonds. The molecule has 1 aromatic rings. The molecule has 0 bridgehead atoms. The standard InChI is InChI=1S/C16H23BrN2O/c1-12(13-4-6-14(17)7-5-13)11-16(20)19-10-8-15-3-2-9-18-15/h4-7,12,15,18H,2-3,8-11H2,1H3,(H,19,20)/t12?,15-/m0/s1. The van der Waals surface area contributed by atoms with Crippen LogP contribution in [0.2, 0.25) is 0 Å². The number of amides is 1. The highest BCUT2D eigenvalue weighted by atomic mass is 79.9. The molecule has 1 unspecified atom stereocenters. The van der Waals surface area contributed by atoms with Crippen LogP contribution in [0.4, 0.5) is 0 Å². The topological polar surface area (TPSA) is 41.1 Å². The van der Waals surface area contributed by atoms with E-state index in [9.17, 15) is 4.79 Å². The molecule has 2 rings (SSSR count). The maximum absolute atomic E-state index is 11.9. The largest absolute Gasteiger partial charge is 0.356 e. The molecule has 0 aliphatic carbocycles. The number of rotatable bonds is 6. The lowest BCUT2D eigenvalue weighted by molar-refractivity contribution is -0.121. The molecule has 1 saturated heterocycles. The van der Waals surface area contributed by atoms with Crippen LogP contribution in [0.15, 0.2) is 28.7 Å². The van der Waals surface area contributed by atoms with Crippen LogP contribution in [0.3, 0.4) is 0 Å². The number of nitrogens with one attached hydrogen (secondary N) is 2. The highest BCUT2D eigenvalue weighted by Gasteiger charge is 2.15. The zero-order valence-electron chi connectivity index (χ0n) is 12.0. The summed E-state index contributed by atoms with van der Waals surface area (Å²) in [6.07, 6.45) is 4.10. The summed E-state index contributed by atoms with van der Waals surface area (Å²) in [6, 6.07) is 8.79. The van der Waals surface area contributed by atoms with E-state index in [1.54, 1.807) is 0 Å². The average molecular weight is 339 g/mol. The molecule has 1 heterocycles. The molecule has 110 valence electrons. The Kier molecular flexibility index (Phi) is 6.05. The molecular weight excluding hydrogens is 316 g/mol. The Labute approximate surface area is 129 Å². The lowest BCUT2D eigenvalue weighted by Gasteiger charge is -2.14. The third-order valence-corrected chi connectivity index (χ3v) is 4.44. The van der Waals surface area contributed by atoms with Crippen molar-refractivity contribution in [3.05, 3.63) is 34.3 Å². The minimum atomic E-state index is 0.151. The van der Waals surface area contributed by atoms with Crippen LogP contribution < -0.4 is 10.6 Å². The number of carbonyl (C=O) groups excluding carboxylic acids is 1. The molecule has 1 aromatic carbocycles. The Bertz CT molecular complexity index is 427. The second-order valence-corrected chi connectivity index (χ2v) is 6.50. The third kappa shape index (κ3) is 4.91. The van der Waals surface area contributed by atoms with Crippen molar-refractivity contribution in [3.8, 4) is 0 Å². The van der Waals surface area contributed by atoms with Crippen molar-refractivity contribution >= 4 is 21.8 Å². The van der Waals surface area contributed by atoms with E-state index >= 15 is 0 Å². The van der Waals surface area contributed by atoms with Gasteiger partial charge < -0.3 is 10.6 Å². The van der Waals surface area contributed by atoms with Crippen molar-refractivity contribution in [1.82, 2.24) is 10.6 Å². The second kappa shape index (κ2) is 7.79. The first-order valence-electron chi connectivity index (χ1n) is 7.40. The number of halogens is 1. The Morgan fingerprint density at radius 2 is 2.20 bits per heavy atom. The SMILES string of the molecule is CC(CC(=O)NCC[C@@H]1CCCN1)c1ccc(Br)cc1. The van der Waals surface area contributed by atoms with Crippen LogP contribution in [0.25, 0.3) is 0 Å². The van der Waals surface area contributed by atoms with E-state index in [4.69, 9.17) is 0 Å².